The van der Waals surface area contributed by atoms with Crippen LogP contribution in [-0.2, 0) is 4.79 Å². The lowest BCUT2D eigenvalue weighted by atomic mass is 9.95. The maximum absolute atomic E-state index is 12.6. The third kappa shape index (κ3) is 4.89. The summed E-state index contributed by atoms with van der Waals surface area (Å²) >= 11 is 5.86. The minimum atomic E-state index is -0.520. The van der Waals surface area contributed by atoms with Crippen molar-refractivity contribution in [2.45, 2.75) is 52.7 Å². The van der Waals surface area contributed by atoms with Crippen molar-refractivity contribution in [2.24, 2.45) is 5.41 Å². The van der Waals surface area contributed by atoms with Crippen molar-refractivity contribution in [1.82, 2.24) is 14.9 Å². The molecule has 1 aliphatic heterocycles. The summed E-state index contributed by atoms with van der Waals surface area (Å²) in [6.45, 7) is 9.97. The maximum Gasteiger partial charge on any atom is 0.229 e. The van der Waals surface area contributed by atoms with Gasteiger partial charge in [-0.25, -0.2) is 0 Å². The van der Waals surface area contributed by atoms with Gasteiger partial charge in [0.25, 0.3) is 0 Å². The number of pyridine rings is 1. The van der Waals surface area contributed by atoms with E-state index in [-0.39, 0.29) is 24.0 Å². The van der Waals surface area contributed by atoms with Gasteiger partial charge in [0.1, 0.15) is 11.8 Å². The van der Waals surface area contributed by atoms with E-state index in [1.807, 2.05) is 57.2 Å². The molecule has 0 saturated carbocycles. The number of hydrogen-bond acceptors (Lipinski definition) is 4. The molecule has 2 aromatic heterocycles. The fraction of sp³-hybridized carbons (Fsp3) is 0.370. The minimum Gasteiger partial charge on any atom is -0.494 e. The molecule has 184 valence electrons. The minimum absolute atomic E-state index is 0.0789. The predicted octanol–water partition coefficient (Wildman–Crippen LogP) is 5.63. The number of nitrogens with zero attached hydrogens (tertiary/aromatic N) is 3. The van der Waals surface area contributed by atoms with Gasteiger partial charge in [0.05, 0.1) is 24.5 Å². The van der Waals surface area contributed by atoms with Gasteiger partial charge in [-0.3, -0.25) is 9.78 Å². The second-order valence-corrected chi connectivity index (χ2v) is 10.4. The van der Waals surface area contributed by atoms with Crippen LogP contribution in [0.2, 0.25) is 0 Å². The number of rotatable bonds is 6. The second-order valence-electron chi connectivity index (χ2n) is 10.0. The molecule has 3 aromatic rings. The summed E-state index contributed by atoms with van der Waals surface area (Å²) in [5.41, 5.74) is 3.02. The highest BCUT2D eigenvalue weighted by atomic mass is 32.1. The Bertz CT molecular complexity index is 1220. The molecule has 0 radical (unpaired) electrons. The molecule has 1 amide bonds. The summed E-state index contributed by atoms with van der Waals surface area (Å²) in [5.74, 6) is 0.493. The highest BCUT2D eigenvalue weighted by Gasteiger charge is 2.42. The molecule has 0 bridgehead atoms. The molecule has 0 unspecified atom stereocenters. The number of benzene rings is 1. The van der Waals surface area contributed by atoms with Crippen molar-refractivity contribution >= 4 is 34.6 Å². The highest BCUT2D eigenvalue weighted by molar-refractivity contribution is 7.80. The maximum atomic E-state index is 12.6. The van der Waals surface area contributed by atoms with Crippen molar-refractivity contribution in [3.05, 3.63) is 72.3 Å². The van der Waals surface area contributed by atoms with Gasteiger partial charge < -0.3 is 24.8 Å². The number of thiocarbonyl (C=S) groups is 1. The Morgan fingerprint density at radius 1 is 1.17 bits per heavy atom. The van der Waals surface area contributed by atoms with Crippen LogP contribution in [-0.4, -0.2) is 27.7 Å². The lowest BCUT2D eigenvalue weighted by Gasteiger charge is -2.30. The summed E-state index contributed by atoms with van der Waals surface area (Å²) < 4.78 is 7.93. The van der Waals surface area contributed by atoms with Crippen LogP contribution in [0.3, 0.4) is 0 Å². The number of aromatic nitrogens is 2. The SMILES string of the molecule is COc1cc(N2C(=S)N[C@H](c3ccccn3)[C@H]2c2cccn2C(C)C)ccc1NC(=O)C(C)(C)C. The van der Waals surface area contributed by atoms with E-state index < -0.39 is 5.41 Å². The summed E-state index contributed by atoms with van der Waals surface area (Å²) in [5, 5.41) is 7.09. The number of carbonyl (C=O) groups excluding carboxylic acids is 1. The zero-order chi connectivity index (χ0) is 25.3. The van der Waals surface area contributed by atoms with Gasteiger partial charge in [0, 0.05) is 41.3 Å². The average molecular weight is 492 g/mol. The van der Waals surface area contributed by atoms with E-state index in [2.05, 4.69) is 57.3 Å². The Morgan fingerprint density at radius 2 is 1.94 bits per heavy atom. The zero-order valence-electron chi connectivity index (χ0n) is 21.1. The topological polar surface area (TPSA) is 71.4 Å². The largest absolute Gasteiger partial charge is 0.494 e. The molecule has 1 fully saturated rings. The van der Waals surface area contributed by atoms with Crippen LogP contribution in [0.25, 0.3) is 0 Å². The third-order valence-electron chi connectivity index (χ3n) is 6.16. The van der Waals surface area contributed by atoms with Gasteiger partial charge >= 0.3 is 0 Å². The number of carbonyl (C=O) groups is 1. The fourth-order valence-corrected chi connectivity index (χ4v) is 4.65. The molecule has 0 aliphatic carbocycles. The zero-order valence-corrected chi connectivity index (χ0v) is 21.9. The van der Waals surface area contributed by atoms with E-state index >= 15 is 0 Å². The van der Waals surface area contributed by atoms with E-state index in [1.54, 1.807) is 13.3 Å². The molecular formula is C27H33N5O2S. The summed E-state index contributed by atoms with van der Waals surface area (Å²) in [7, 11) is 1.60. The lowest BCUT2D eigenvalue weighted by molar-refractivity contribution is -0.123. The summed E-state index contributed by atoms with van der Waals surface area (Å²) in [4.78, 5) is 19.3. The number of ether oxygens (including phenoxy) is 1. The number of hydrogen-bond donors (Lipinski definition) is 2. The van der Waals surface area contributed by atoms with Crippen LogP contribution < -0.4 is 20.3 Å². The normalized spacial score (nSPS) is 18.0. The van der Waals surface area contributed by atoms with Gasteiger partial charge in [0.15, 0.2) is 5.11 Å². The predicted molar refractivity (Wildman–Crippen MR) is 144 cm³/mol. The van der Waals surface area contributed by atoms with Crippen molar-refractivity contribution in [3.8, 4) is 5.75 Å². The van der Waals surface area contributed by atoms with Crippen LogP contribution in [0.15, 0.2) is 60.9 Å². The van der Waals surface area contributed by atoms with E-state index in [1.165, 1.54) is 0 Å². The van der Waals surface area contributed by atoms with Crippen molar-refractivity contribution < 1.29 is 9.53 Å². The van der Waals surface area contributed by atoms with Crippen molar-refractivity contribution in [3.63, 3.8) is 0 Å². The average Bonchev–Trinajstić information content (AvgIpc) is 3.43. The van der Waals surface area contributed by atoms with E-state index in [4.69, 9.17) is 17.0 Å². The number of methoxy groups -OCH3 is 1. The molecule has 2 N–H and O–H groups in total. The molecule has 1 aromatic carbocycles. The van der Waals surface area contributed by atoms with Gasteiger partial charge in [0.2, 0.25) is 5.91 Å². The van der Waals surface area contributed by atoms with E-state index in [0.29, 0.717) is 16.5 Å². The van der Waals surface area contributed by atoms with Crippen LogP contribution >= 0.6 is 12.2 Å². The number of amides is 1. The van der Waals surface area contributed by atoms with E-state index in [9.17, 15) is 4.79 Å². The quantitative estimate of drug-likeness (QED) is 0.435. The van der Waals surface area contributed by atoms with Crippen molar-refractivity contribution in [1.29, 1.82) is 0 Å². The molecule has 7 nitrogen and oxygen atoms in total. The Balaban J connectivity index is 1.79. The molecule has 3 heterocycles. The van der Waals surface area contributed by atoms with Gasteiger partial charge in [-0.2, -0.15) is 0 Å². The Labute approximate surface area is 212 Å². The number of nitrogens with one attached hydrogen (secondary N) is 2. The molecule has 1 saturated heterocycles. The third-order valence-corrected chi connectivity index (χ3v) is 6.48. The smallest absolute Gasteiger partial charge is 0.229 e. The van der Waals surface area contributed by atoms with Crippen LogP contribution in [0.1, 0.15) is 64.1 Å². The van der Waals surface area contributed by atoms with Crippen LogP contribution in [0, 0.1) is 5.41 Å². The van der Waals surface area contributed by atoms with Gasteiger partial charge in [-0.1, -0.05) is 26.8 Å². The second kappa shape index (κ2) is 9.70. The Morgan fingerprint density at radius 3 is 2.57 bits per heavy atom. The monoisotopic (exact) mass is 491 g/mol. The molecule has 1 aliphatic rings. The molecule has 0 spiro atoms. The highest BCUT2D eigenvalue weighted by Crippen LogP contribution is 2.44. The first-order chi connectivity index (χ1) is 16.6. The van der Waals surface area contributed by atoms with E-state index in [0.717, 1.165) is 17.1 Å². The molecule has 2 atom stereocenters. The Hall–Kier alpha value is -3.39. The summed E-state index contributed by atoms with van der Waals surface area (Å²) in [6.07, 6.45) is 3.90. The number of anilines is 2. The molecule has 35 heavy (non-hydrogen) atoms. The Kier molecular flexibility index (Phi) is 6.85. The molecular weight excluding hydrogens is 458 g/mol. The van der Waals surface area contributed by atoms with Crippen molar-refractivity contribution in [2.75, 3.05) is 17.3 Å². The molecule has 8 heteroatoms. The lowest BCUT2D eigenvalue weighted by Crippen LogP contribution is -2.31. The molecule has 4 rings (SSSR count). The first-order valence-corrected chi connectivity index (χ1v) is 12.2. The van der Waals surface area contributed by atoms with Gasteiger partial charge in [-0.05, 0) is 62.5 Å². The van der Waals surface area contributed by atoms with Gasteiger partial charge in [-0.15, -0.1) is 0 Å². The first-order valence-electron chi connectivity index (χ1n) is 11.8. The van der Waals surface area contributed by atoms with Crippen LogP contribution in [0.4, 0.5) is 11.4 Å². The first kappa shape index (κ1) is 24.7. The van der Waals surface area contributed by atoms with Crippen LogP contribution in [0.5, 0.6) is 5.75 Å². The summed E-state index contributed by atoms with van der Waals surface area (Å²) in [6, 6.07) is 15.9. The fourth-order valence-electron chi connectivity index (χ4n) is 4.30. The standard InChI is InChI=1S/C27H33N5O2S/c1-17(2)31-15-9-11-21(31)24-23(20-10-7-8-14-28-20)30-26(35)32(24)18-12-13-19(22(16-18)34-6)29-25(33)27(3,4)5/h7-17,23-24H,1-6H3,(H,29,33)(H,30,35)/t23-,24-/m1/s1.